The minimum atomic E-state index is -2.16. The average Bonchev–Trinajstić information content (AvgIpc) is 3.29. The number of nitrogens with one attached hydrogen (secondary N) is 1. The molecule has 0 bridgehead atoms. The van der Waals surface area contributed by atoms with Crippen LogP contribution < -0.4 is 14.5 Å². The smallest absolute Gasteiger partial charge is 0.258 e. The number of benzene rings is 1. The van der Waals surface area contributed by atoms with Crippen molar-refractivity contribution in [2.45, 2.75) is 19.3 Å². The third kappa shape index (κ3) is 4.82. The van der Waals surface area contributed by atoms with Crippen molar-refractivity contribution >= 4 is 45.9 Å². The quantitative estimate of drug-likeness (QED) is 0.248. The fourth-order valence-corrected chi connectivity index (χ4v) is 5.92. The maximum atomic E-state index is 15.4. The highest BCUT2D eigenvalue weighted by molar-refractivity contribution is 8.00. The lowest BCUT2D eigenvalue weighted by atomic mass is 10.1. The topological polar surface area (TPSA) is 120 Å². The van der Waals surface area contributed by atoms with Crippen LogP contribution in [-0.4, -0.2) is 68.1 Å². The van der Waals surface area contributed by atoms with Crippen LogP contribution in [0.5, 0.6) is 0 Å². The number of hydrogen-bond donors (Lipinski definition) is 3. The molecule has 0 spiro atoms. The summed E-state index contributed by atoms with van der Waals surface area (Å²) in [5, 5.41) is 24.6. The van der Waals surface area contributed by atoms with Crippen LogP contribution in [0.3, 0.4) is 0 Å². The molecule has 3 aromatic heterocycles. The summed E-state index contributed by atoms with van der Waals surface area (Å²) in [5.41, 5.74) is 2.73. The summed E-state index contributed by atoms with van der Waals surface area (Å²) >= 11 is 1.18. The number of hydrogen-bond acceptors (Lipinski definition) is 11. The highest BCUT2D eigenvalue weighted by Crippen LogP contribution is 2.44. The highest BCUT2D eigenvalue weighted by atomic mass is 32.2. The van der Waals surface area contributed by atoms with Gasteiger partial charge in [-0.1, -0.05) is 0 Å². The molecule has 0 saturated carbocycles. The van der Waals surface area contributed by atoms with Crippen molar-refractivity contribution in [3.05, 3.63) is 60.3 Å². The van der Waals surface area contributed by atoms with Crippen LogP contribution in [0.2, 0.25) is 0 Å². The summed E-state index contributed by atoms with van der Waals surface area (Å²) in [6, 6.07) is 3.79. The normalized spacial score (nSPS) is 17.2. The molecule has 0 aliphatic carbocycles. The third-order valence-corrected chi connectivity index (χ3v) is 7.86. The van der Waals surface area contributed by atoms with Crippen LogP contribution in [0.1, 0.15) is 12.0 Å². The van der Waals surface area contributed by atoms with E-state index in [-0.39, 0.29) is 23.1 Å². The lowest BCUT2D eigenvalue weighted by Crippen LogP contribution is -2.41. The standard InChI is InChI=1S/C26H25F2N7O3S/c1-15-24(23-19(28)8-17(27)9-21(23)33-25(15)35-26(36,37)2-7-39-35)32-20-10-22(34-3-5-38-6-4-34)31-13-18(20)16-11-29-14-30-12-16/h8-14,36-37H,2-7H2,1H3,(H,31,32,33). The zero-order chi connectivity index (χ0) is 27.1. The number of ether oxygens (including phenoxy) is 1. The van der Waals surface area contributed by atoms with E-state index in [0.29, 0.717) is 65.9 Å². The first-order valence-corrected chi connectivity index (χ1v) is 13.3. The summed E-state index contributed by atoms with van der Waals surface area (Å²) in [4.78, 5) is 19.5. The number of halogens is 2. The molecule has 3 N–H and O–H groups in total. The van der Waals surface area contributed by atoms with E-state index in [0.717, 1.165) is 12.1 Å². The first kappa shape index (κ1) is 25.6. The number of rotatable bonds is 5. The Morgan fingerprint density at radius 2 is 1.85 bits per heavy atom. The lowest BCUT2D eigenvalue weighted by Gasteiger charge is -2.30. The summed E-state index contributed by atoms with van der Waals surface area (Å²) in [7, 11) is 0. The fraction of sp³-hybridized carbons (Fsp3) is 0.308. The van der Waals surface area contributed by atoms with E-state index in [1.54, 1.807) is 25.5 Å². The number of pyridine rings is 2. The Labute approximate surface area is 226 Å². The van der Waals surface area contributed by atoms with Gasteiger partial charge in [-0.15, -0.1) is 0 Å². The van der Waals surface area contributed by atoms with E-state index in [1.807, 2.05) is 6.07 Å². The minimum absolute atomic E-state index is 0.0333. The average molecular weight is 554 g/mol. The highest BCUT2D eigenvalue weighted by Gasteiger charge is 2.40. The first-order valence-electron chi connectivity index (χ1n) is 12.3. The van der Waals surface area contributed by atoms with Gasteiger partial charge in [0.2, 0.25) is 0 Å². The van der Waals surface area contributed by atoms with Crippen molar-refractivity contribution in [2.75, 3.05) is 46.6 Å². The van der Waals surface area contributed by atoms with Gasteiger partial charge in [0.05, 0.1) is 35.5 Å². The minimum Gasteiger partial charge on any atom is -0.378 e. The molecule has 5 heterocycles. The van der Waals surface area contributed by atoms with Gasteiger partial charge in [0.15, 0.2) is 0 Å². The summed E-state index contributed by atoms with van der Waals surface area (Å²) < 4.78 is 36.4. The van der Waals surface area contributed by atoms with Crippen LogP contribution >= 0.6 is 11.9 Å². The molecule has 0 amide bonds. The molecule has 0 radical (unpaired) electrons. The maximum Gasteiger partial charge on any atom is 0.258 e. The molecule has 13 heteroatoms. The SMILES string of the molecule is Cc1c(N2SCCC2(O)O)nc2cc(F)cc(F)c2c1Nc1cc(N2CCOCC2)ncc1-c1cncnc1. The Balaban J connectivity index is 1.55. The van der Waals surface area contributed by atoms with Gasteiger partial charge in [-0.05, 0) is 18.9 Å². The van der Waals surface area contributed by atoms with Gasteiger partial charge in [0.25, 0.3) is 5.91 Å². The number of fused-ring (bicyclic) bond motifs is 1. The second-order valence-corrected chi connectivity index (χ2v) is 10.3. The van der Waals surface area contributed by atoms with Gasteiger partial charge < -0.3 is 25.2 Å². The van der Waals surface area contributed by atoms with E-state index in [2.05, 4.69) is 30.2 Å². The maximum absolute atomic E-state index is 15.4. The predicted molar refractivity (Wildman–Crippen MR) is 145 cm³/mol. The van der Waals surface area contributed by atoms with Crippen molar-refractivity contribution in [3.63, 3.8) is 0 Å². The van der Waals surface area contributed by atoms with Crippen LogP contribution in [0.15, 0.2) is 43.1 Å². The van der Waals surface area contributed by atoms with Gasteiger partial charge >= 0.3 is 0 Å². The molecule has 2 aliphatic heterocycles. The number of anilines is 4. The molecule has 6 rings (SSSR count). The lowest BCUT2D eigenvalue weighted by molar-refractivity contribution is -0.144. The van der Waals surface area contributed by atoms with E-state index in [4.69, 9.17) is 4.74 Å². The predicted octanol–water partition coefficient (Wildman–Crippen LogP) is 3.75. The monoisotopic (exact) mass is 553 g/mol. The van der Waals surface area contributed by atoms with Crippen LogP contribution in [-0.2, 0) is 4.74 Å². The van der Waals surface area contributed by atoms with Crippen molar-refractivity contribution in [1.82, 2.24) is 19.9 Å². The fourth-order valence-electron chi connectivity index (χ4n) is 4.77. The van der Waals surface area contributed by atoms with E-state index >= 15 is 4.39 Å². The van der Waals surface area contributed by atoms with Crippen LogP contribution in [0.25, 0.3) is 22.0 Å². The largest absolute Gasteiger partial charge is 0.378 e. The molecule has 39 heavy (non-hydrogen) atoms. The summed E-state index contributed by atoms with van der Waals surface area (Å²) in [5.74, 6) is -2.42. The van der Waals surface area contributed by atoms with Crippen molar-refractivity contribution in [3.8, 4) is 11.1 Å². The Kier molecular flexibility index (Phi) is 6.67. The molecule has 0 atom stereocenters. The van der Waals surface area contributed by atoms with Crippen LogP contribution in [0.4, 0.5) is 31.8 Å². The number of morpholine rings is 1. The van der Waals surface area contributed by atoms with Crippen molar-refractivity contribution in [2.24, 2.45) is 0 Å². The molecular formula is C26H25F2N7O3S. The molecule has 2 saturated heterocycles. The number of aromatic nitrogens is 4. The van der Waals surface area contributed by atoms with Gasteiger partial charge in [0, 0.05) is 78.7 Å². The molecule has 10 nitrogen and oxygen atoms in total. The molecular weight excluding hydrogens is 528 g/mol. The molecule has 0 unspecified atom stereocenters. The Morgan fingerprint density at radius 1 is 1.08 bits per heavy atom. The van der Waals surface area contributed by atoms with Gasteiger partial charge in [-0.3, -0.25) is 0 Å². The van der Waals surface area contributed by atoms with Crippen molar-refractivity contribution < 1.29 is 23.7 Å². The number of nitrogens with zero attached hydrogens (tertiary/aromatic N) is 6. The van der Waals surface area contributed by atoms with Gasteiger partial charge in [-0.25, -0.2) is 33.0 Å². The van der Waals surface area contributed by atoms with Gasteiger partial charge in [-0.2, -0.15) is 0 Å². The second kappa shape index (κ2) is 10.2. The summed E-state index contributed by atoms with van der Waals surface area (Å²) in [6.07, 6.45) is 6.50. The second-order valence-electron chi connectivity index (χ2n) is 9.31. The molecule has 2 aliphatic rings. The number of aliphatic hydroxyl groups is 2. The molecule has 4 aromatic rings. The van der Waals surface area contributed by atoms with Gasteiger partial charge in [0.1, 0.15) is 29.6 Å². The Morgan fingerprint density at radius 3 is 2.56 bits per heavy atom. The zero-order valence-corrected chi connectivity index (χ0v) is 21.8. The van der Waals surface area contributed by atoms with Crippen LogP contribution in [0, 0.1) is 18.6 Å². The van der Waals surface area contributed by atoms with E-state index < -0.39 is 17.5 Å². The molecule has 202 valence electrons. The first-order chi connectivity index (χ1) is 18.8. The molecule has 1 aromatic carbocycles. The van der Waals surface area contributed by atoms with E-state index in [9.17, 15) is 14.6 Å². The zero-order valence-electron chi connectivity index (χ0n) is 20.9. The summed E-state index contributed by atoms with van der Waals surface area (Å²) in [6.45, 7) is 4.18. The molecule has 2 fully saturated rings. The van der Waals surface area contributed by atoms with E-state index in [1.165, 1.54) is 22.6 Å². The Bertz CT molecular complexity index is 1540. The Hall–Kier alpha value is -3.65. The third-order valence-electron chi connectivity index (χ3n) is 6.75. The van der Waals surface area contributed by atoms with Crippen molar-refractivity contribution in [1.29, 1.82) is 0 Å².